The summed E-state index contributed by atoms with van der Waals surface area (Å²) in [6.45, 7) is 0. The monoisotopic (exact) mass is 647 g/mol. The molecule has 0 aliphatic heterocycles. The van der Waals surface area contributed by atoms with Crippen molar-refractivity contribution in [2.75, 3.05) is 0 Å². The Labute approximate surface area is 297 Å². The fourth-order valence-corrected chi connectivity index (χ4v) is 9.01. The van der Waals surface area contributed by atoms with Gasteiger partial charge in [0.15, 0.2) is 0 Å². The van der Waals surface area contributed by atoms with E-state index in [1.165, 1.54) is 99.8 Å². The maximum Gasteiger partial charge on any atom is 0.0547 e. The second-order valence-electron chi connectivity index (χ2n) is 14.0. The molecule has 51 heavy (non-hydrogen) atoms. The average Bonchev–Trinajstić information content (AvgIpc) is 3.85. The van der Waals surface area contributed by atoms with Crippen molar-refractivity contribution in [3.05, 3.63) is 210 Å². The van der Waals surface area contributed by atoms with Crippen molar-refractivity contribution in [2.24, 2.45) is 0 Å². The number of fused-ring (bicyclic) bond motifs is 10. The fourth-order valence-electron chi connectivity index (χ4n) is 9.01. The molecule has 0 bridgehead atoms. The highest BCUT2D eigenvalue weighted by Crippen LogP contribution is 2.50. The Balaban J connectivity index is 1.12. The van der Waals surface area contributed by atoms with Crippen molar-refractivity contribution >= 4 is 21.8 Å². The van der Waals surface area contributed by atoms with E-state index in [1.807, 2.05) is 0 Å². The Morgan fingerprint density at radius 2 is 1.04 bits per heavy atom. The summed E-state index contributed by atoms with van der Waals surface area (Å²) in [5.41, 5.74) is 21.0. The third kappa shape index (κ3) is 4.28. The first kappa shape index (κ1) is 28.4. The van der Waals surface area contributed by atoms with Crippen molar-refractivity contribution in [2.45, 2.75) is 12.3 Å². The van der Waals surface area contributed by atoms with Gasteiger partial charge in [-0.3, -0.25) is 0 Å². The number of rotatable bonds is 4. The summed E-state index contributed by atoms with van der Waals surface area (Å²) in [6.07, 6.45) is 0.979. The molecule has 0 amide bonds. The second kappa shape index (κ2) is 11.0. The van der Waals surface area contributed by atoms with Crippen LogP contribution in [0.5, 0.6) is 0 Å². The summed E-state index contributed by atoms with van der Waals surface area (Å²) in [6, 6.07) is 67.5. The molecule has 0 saturated carbocycles. The first-order valence-electron chi connectivity index (χ1n) is 17.9. The van der Waals surface area contributed by atoms with Crippen LogP contribution in [0.3, 0.4) is 0 Å². The van der Waals surface area contributed by atoms with E-state index in [0.717, 1.165) is 6.42 Å². The molecule has 1 heteroatoms. The molecule has 2 aliphatic rings. The van der Waals surface area contributed by atoms with Gasteiger partial charge < -0.3 is 4.57 Å². The van der Waals surface area contributed by atoms with Gasteiger partial charge in [-0.1, -0.05) is 146 Å². The van der Waals surface area contributed by atoms with Gasteiger partial charge in [0, 0.05) is 22.4 Å². The lowest BCUT2D eigenvalue weighted by Crippen LogP contribution is -1.98. The van der Waals surface area contributed by atoms with E-state index < -0.39 is 0 Å². The minimum absolute atomic E-state index is 0.253. The van der Waals surface area contributed by atoms with E-state index in [-0.39, 0.29) is 5.92 Å². The van der Waals surface area contributed by atoms with Gasteiger partial charge in [0.05, 0.1) is 11.0 Å². The van der Waals surface area contributed by atoms with Gasteiger partial charge in [-0.25, -0.2) is 0 Å². The molecule has 9 aromatic rings. The second-order valence-corrected chi connectivity index (χ2v) is 14.0. The van der Waals surface area contributed by atoms with E-state index in [2.05, 4.69) is 187 Å². The highest BCUT2D eigenvalue weighted by molar-refractivity contribution is 6.18. The number of nitrogens with zero attached hydrogens (tertiary/aromatic N) is 1. The molecule has 0 fully saturated rings. The van der Waals surface area contributed by atoms with Crippen LogP contribution in [-0.2, 0) is 6.42 Å². The molecule has 0 spiro atoms. The first-order valence-corrected chi connectivity index (χ1v) is 17.9. The van der Waals surface area contributed by atoms with Crippen LogP contribution in [0.15, 0.2) is 182 Å². The largest absolute Gasteiger partial charge is 0.309 e. The van der Waals surface area contributed by atoms with Crippen LogP contribution >= 0.6 is 0 Å². The Hall–Kier alpha value is -6.44. The van der Waals surface area contributed by atoms with Crippen LogP contribution in [0.2, 0.25) is 0 Å². The molecule has 0 N–H and O–H groups in total. The molecule has 11 rings (SSSR count). The lowest BCUT2D eigenvalue weighted by atomic mass is 9.89. The van der Waals surface area contributed by atoms with Crippen LogP contribution in [0.1, 0.15) is 33.7 Å². The van der Waals surface area contributed by atoms with Crippen LogP contribution in [0.4, 0.5) is 0 Å². The van der Waals surface area contributed by atoms with Crippen LogP contribution < -0.4 is 0 Å². The zero-order valence-electron chi connectivity index (χ0n) is 28.1. The average molecular weight is 648 g/mol. The lowest BCUT2D eigenvalue weighted by molar-refractivity contribution is 1.02. The zero-order chi connectivity index (χ0) is 33.5. The summed E-state index contributed by atoms with van der Waals surface area (Å²) >= 11 is 0. The fraction of sp³-hybridized carbons (Fsp3) is 0.0400. The van der Waals surface area contributed by atoms with Crippen molar-refractivity contribution < 1.29 is 0 Å². The molecule has 1 unspecified atom stereocenters. The van der Waals surface area contributed by atoms with E-state index in [9.17, 15) is 0 Å². The van der Waals surface area contributed by atoms with Gasteiger partial charge in [0.2, 0.25) is 0 Å². The van der Waals surface area contributed by atoms with E-state index in [0.29, 0.717) is 0 Å². The molecule has 1 heterocycles. The van der Waals surface area contributed by atoms with Gasteiger partial charge >= 0.3 is 0 Å². The summed E-state index contributed by atoms with van der Waals surface area (Å²) in [4.78, 5) is 0. The number of hydrogen-bond acceptors (Lipinski definition) is 0. The van der Waals surface area contributed by atoms with Gasteiger partial charge in [-0.2, -0.15) is 0 Å². The minimum Gasteiger partial charge on any atom is -0.309 e. The van der Waals surface area contributed by atoms with Crippen LogP contribution in [0, 0.1) is 0 Å². The van der Waals surface area contributed by atoms with Crippen molar-refractivity contribution in [3.63, 3.8) is 0 Å². The lowest BCUT2D eigenvalue weighted by Gasteiger charge is -2.14. The molecular formula is C50H33N. The summed E-state index contributed by atoms with van der Waals surface area (Å²) < 4.78 is 2.47. The van der Waals surface area contributed by atoms with Gasteiger partial charge in [0.1, 0.15) is 0 Å². The number of benzene rings is 8. The molecule has 1 aromatic heterocycles. The standard InChI is InChI=1S/C50H33N/c1-3-11-32(12-4-1)33-19-24-39(25-20-33)51-46-27-22-36(31-45(46)50-47(51)28-23-38-29-37-15-7-8-16-40(37)49(38)50)35-21-26-43-44(30-35)41-17-9-10-18-42(41)48(43)34-13-5-2-6-14-34/h1-28,30-31,48H,29H2. The summed E-state index contributed by atoms with van der Waals surface area (Å²) in [5.74, 6) is 0.253. The topological polar surface area (TPSA) is 4.93 Å². The zero-order valence-corrected chi connectivity index (χ0v) is 28.1. The maximum atomic E-state index is 2.47. The van der Waals surface area contributed by atoms with E-state index >= 15 is 0 Å². The SMILES string of the molecule is c1ccc(-c2ccc(-n3c4ccc(-c5ccc6c(c5)-c5ccccc5C6c5ccccc5)cc4c4c5c(ccc43)Cc3ccccc3-5)cc2)cc1. The number of aromatic nitrogens is 1. The van der Waals surface area contributed by atoms with Crippen molar-refractivity contribution in [1.82, 2.24) is 4.57 Å². The highest BCUT2D eigenvalue weighted by Gasteiger charge is 2.30. The predicted molar refractivity (Wildman–Crippen MR) is 213 cm³/mol. The van der Waals surface area contributed by atoms with Crippen molar-refractivity contribution in [1.29, 1.82) is 0 Å². The van der Waals surface area contributed by atoms with E-state index in [4.69, 9.17) is 0 Å². The predicted octanol–water partition coefficient (Wildman–Crippen LogP) is 12.8. The quantitative estimate of drug-likeness (QED) is 0.179. The summed E-state index contributed by atoms with van der Waals surface area (Å²) in [7, 11) is 0. The first-order chi connectivity index (χ1) is 25.3. The third-order valence-corrected chi connectivity index (χ3v) is 11.3. The van der Waals surface area contributed by atoms with Gasteiger partial charge in [0.25, 0.3) is 0 Å². The highest BCUT2D eigenvalue weighted by atomic mass is 15.0. The maximum absolute atomic E-state index is 2.47. The Bertz CT molecular complexity index is 2800. The minimum atomic E-state index is 0.253. The normalized spacial score (nSPS) is 14.0. The Morgan fingerprint density at radius 1 is 0.412 bits per heavy atom. The molecule has 238 valence electrons. The molecule has 1 atom stereocenters. The Kier molecular flexibility index (Phi) is 6.15. The molecule has 0 radical (unpaired) electrons. The van der Waals surface area contributed by atoms with Gasteiger partial charge in [-0.15, -0.1) is 0 Å². The summed E-state index contributed by atoms with van der Waals surface area (Å²) in [5, 5.41) is 2.64. The molecule has 2 aliphatic carbocycles. The van der Waals surface area contributed by atoms with Crippen LogP contribution in [-0.4, -0.2) is 4.57 Å². The molecule has 1 nitrogen and oxygen atoms in total. The van der Waals surface area contributed by atoms with Crippen LogP contribution in [0.25, 0.3) is 72.0 Å². The third-order valence-electron chi connectivity index (χ3n) is 11.3. The Morgan fingerprint density at radius 3 is 1.88 bits per heavy atom. The number of hydrogen-bond donors (Lipinski definition) is 0. The molecule has 0 saturated heterocycles. The molecular weight excluding hydrogens is 615 g/mol. The molecule has 8 aromatic carbocycles. The van der Waals surface area contributed by atoms with Gasteiger partial charge in [-0.05, 0) is 115 Å². The van der Waals surface area contributed by atoms with E-state index in [1.54, 1.807) is 0 Å². The van der Waals surface area contributed by atoms with Crippen molar-refractivity contribution in [3.8, 4) is 50.2 Å². The smallest absolute Gasteiger partial charge is 0.0547 e.